The fraction of sp³-hybridized carbons (Fsp3) is 0.444. The van der Waals surface area contributed by atoms with E-state index in [4.69, 9.17) is 9.26 Å². The molecule has 7 heteroatoms. The number of ether oxygens (including phenoxy) is 1. The van der Waals surface area contributed by atoms with E-state index in [-0.39, 0.29) is 24.4 Å². The average Bonchev–Trinajstić information content (AvgIpc) is 3.17. The van der Waals surface area contributed by atoms with Crippen LogP contribution in [0.25, 0.3) is 0 Å². The maximum Gasteiger partial charge on any atom is 0.224 e. The quantitative estimate of drug-likeness (QED) is 0.821. The van der Waals surface area contributed by atoms with Gasteiger partial charge in [-0.05, 0) is 44.5 Å². The molecular weight excluding hydrogens is 342 g/mol. The van der Waals surface area contributed by atoms with Gasteiger partial charge in [0.1, 0.15) is 18.1 Å². The molecule has 2 heterocycles. The lowest BCUT2D eigenvalue weighted by molar-refractivity contribution is -0.121. The van der Waals surface area contributed by atoms with Gasteiger partial charge in [-0.2, -0.15) is 0 Å². The lowest BCUT2D eigenvalue weighted by Crippen LogP contribution is -2.37. The van der Waals surface area contributed by atoms with E-state index in [2.05, 4.69) is 15.8 Å². The van der Waals surface area contributed by atoms with Gasteiger partial charge in [0.05, 0.1) is 17.7 Å². The van der Waals surface area contributed by atoms with Crippen molar-refractivity contribution in [1.29, 1.82) is 0 Å². The highest BCUT2D eigenvalue weighted by Crippen LogP contribution is 2.18. The normalized spacial score (nSPS) is 16.3. The highest BCUT2D eigenvalue weighted by atomic mass is 35.5. The Morgan fingerprint density at radius 2 is 2.12 bits per heavy atom. The van der Waals surface area contributed by atoms with Crippen LogP contribution in [0.3, 0.4) is 0 Å². The Balaban J connectivity index is 0.00000225. The number of rotatable bonds is 6. The molecule has 1 aromatic heterocycles. The smallest absolute Gasteiger partial charge is 0.224 e. The van der Waals surface area contributed by atoms with Gasteiger partial charge in [-0.25, -0.2) is 0 Å². The molecule has 2 N–H and O–H groups in total. The molecule has 0 saturated carbocycles. The molecule has 3 rings (SSSR count). The van der Waals surface area contributed by atoms with Crippen molar-refractivity contribution < 1.29 is 14.1 Å². The van der Waals surface area contributed by atoms with Gasteiger partial charge in [-0.1, -0.05) is 17.3 Å². The summed E-state index contributed by atoms with van der Waals surface area (Å²) < 4.78 is 10.9. The molecule has 1 amide bonds. The van der Waals surface area contributed by atoms with Crippen molar-refractivity contribution in [3.8, 4) is 5.75 Å². The monoisotopic (exact) mass is 365 g/mol. The number of benzene rings is 1. The molecule has 0 bridgehead atoms. The van der Waals surface area contributed by atoms with E-state index in [1.807, 2.05) is 38.1 Å². The second-order valence-electron chi connectivity index (χ2n) is 6.17. The first kappa shape index (κ1) is 19.3. The van der Waals surface area contributed by atoms with Gasteiger partial charge in [-0.3, -0.25) is 4.79 Å². The first-order valence-electron chi connectivity index (χ1n) is 8.25. The molecule has 2 aromatic rings. The summed E-state index contributed by atoms with van der Waals surface area (Å²) >= 11 is 0. The summed E-state index contributed by atoms with van der Waals surface area (Å²) in [6.45, 7) is 6.04. The summed E-state index contributed by atoms with van der Waals surface area (Å²) in [4.78, 5) is 12.0. The summed E-state index contributed by atoms with van der Waals surface area (Å²) in [6, 6.07) is 7.88. The molecule has 1 aliphatic rings. The van der Waals surface area contributed by atoms with Gasteiger partial charge in [-0.15, -0.1) is 12.4 Å². The Kier molecular flexibility index (Phi) is 6.84. The van der Waals surface area contributed by atoms with Crippen molar-refractivity contribution >= 4 is 18.3 Å². The molecule has 1 aliphatic heterocycles. The van der Waals surface area contributed by atoms with E-state index < -0.39 is 0 Å². The Bertz CT molecular complexity index is 675. The van der Waals surface area contributed by atoms with Crippen LogP contribution in [0, 0.1) is 13.8 Å². The predicted octanol–water partition coefficient (Wildman–Crippen LogP) is 2.31. The lowest BCUT2D eigenvalue weighted by atomic mass is 10.1. The zero-order valence-corrected chi connectivity index (χ0v) is 15.3. The molecule has 1 saturated heterocycles. The second-order valence-corrected chi connectivity index (χ2v) is 6.17. The van der Waals surface area contributed by atoms with Crippen molar-refractivity contribution in [3.63, 3.8) is 0 Å². The van der Waals surface area contributed by atoms with E-state index in [0.29, 0.717) is 13.0 Å². The summed E-state index contributed by atoms with van der Waals surface area (Å²) in [5.41, 5.74) is 2.80. The van der Waals surface area contributed by atoms with Crippen LogP contribution in [0.2, 0.25) is 0 Å². The van der Waals surface area contributed by atoms with Crippen molar-refractivity contribution in [2.24, 2.45) is 0 Å². The topological polar surface area (TPSA) is 76.4 Å². The Morgan fingerprint density at radius 3 is 2.72 bits per heavy atom. The number of carbonyl (C=O) groups excluding carboxylic acids is 1. The fourth-order valence-electron chi connectivity index (χ4n) is 2.81. The maximum atomic E-state index is 12.0. The third kappa shape index (κ3) is 5.21. The van der Waals surface area contributed by atoms with Gasteiger partial charge in [0.25, 0.3) is 0 Å². The summed E-state index contributed by atoms with van der Waals surface area (Å²) in [5.74, 6) is 1.61. The predicted molar refractivity (Wildman–Crippen MR) is 97.1 cm³/mol. The standard InChI is InChI=1S/C18H23N3O3.ClH/c1-12-17(13(2)24-21-12)11-23-16-5-3-14(4-6-16)9-18(22)20-15-7-8-19-10-15;/h3-6,15,19H,7-11H2,1-2H3,(H,20,22);1H. The maximum absolute atomic E-state index is 12.0. The number of nitrogens with zero attached hydrogens (tertiary/aromatic N) is 1. The van der Waals surface area contributed by atoms with E-state index in [1.54, 1.807) is 0 Å². The number of carbonyl (C=O) groups is 1. The van der Waals surface area contributed by atoms with Gasteiger partial charge >= 0.3 is 0 Å². The molecule has 0 spiro atoms. The summed E-state index contributed by atoms with van der Waals surface area (Å²) in [6.07, 6.45) is 1.39. The zero-order chi connectivity index (χ0) is 16.9. The molecule has 136 valence electrons. The van der Waals surface area contributed by atoms with E-state index in [1.165, 1.54) is 0 Å². The zero-order valence-electron chi connectivity index (χ0n) is 14.5. The number of aryl methyl sites for hydroxylation is 2. The SMILES string of the molecule is Cc1noc(C)c1COc1ccc(CC(=O)NC2CCNC2)cc1.Cl. The van der Waals surface area contributed by atoms with E-state index in [0.717, 1.165) is 47.8 Å². The fourth-order valence-corrected chi connectivity index (χ4v) is 2.81. The number of nitrogens with one attached hydrogen (secondary N) is 2. The number of hydrogen-bond donors (Lipinski definition) is 2. The molecule has 1 unspecified atom stereocenters. The van der Waals surface area contributed by atoms with Crippen LogP contribution in [0.15, 0.2) is 28.8 Å². The molecular formula is C18H24ClN3O3. The van der Waals surface area contributed by atoms with Crippen LogP contribution in [0.5, 0.6) is 5.75 Å². The largest absolute Gasteiger partial charge is 0.489 e. The van der Waals surface area contributed by atoms with Crippen LogP contribution in [-0.4, -0.2) is 30.2 Å². The van der Waals surface area contributed by atoms with Crippen molar-refractivity contribution in [2.45, 2.75) is 39.3 Å². The number of hydrogen-bond acceptors (Lipinski definition) is 5. The minimum Gasteiger partial charge on any atom is -0.489 e. The highest BCUT2D eigenvalue weighted by Gasteiger charge is 2.16. The third-order valence-electron chi connectivity index (χ3n) is 4.28. The molecule has 1 fully saturated rings. The van der Waals surface area contributed by atoms with E-state index in [9.17, 15) is 4.79 Å². The van der Waals surface area contributed by atoms with Crippen LogP contribution >= 0.6 is 12.4 Å². The third-order valence-corrected chi connectivity index (χ3v) is 4.28. The molecule has 1 aromatic carbocycles. The van der Waals surface area contributed by atoms with Crippen molar-refractivity contribution in [1.82, 2.24) is 15.8 Å². The minimum atomic E-state index is 0. The Morgan fingerprint density at radius 1 is 1.36 bits per heavy atom. The number of aromatic nitrogens is 1. The molecule has 6 nitrogen and oxygen atoms in total. The van der Waals surface area contributed by atoms with Gasteiger partial charge in [0, 0.05) is 12.6 Å². The first-order chi connectivity index (χ1) is 11.6. The highest BCUT2D eigenvalue weighted by molar-refractivity contribution is 5.85. The average molecular weight is 366 g/mol. The molecule has 0 radical (unpaired) electrons. The van der Waals surface area contributed by atoms with E-state index >= 15 is 0 Å². The Labute approximate surface area is 153 Å². The van der Waals surface area contributed by atoms with Gasteiger partial charge in [0.15, 0.2) is 0 Å². The van der Waals surface area contributed by atoms with Crippen LogP contribution < -0.4 is 15.4 Å². The van der Waals surface area contributed by atoms with Crippen LogP contribution in [-0.2, 0) is 17.8 Å². The molecule has 0 aliphatic carbocycles. The van der Waals surface area contributed by atoms with Crippen LogP contribution in [0.1, 0.15) is 29.0 Å². The lowest BCUT2D eigenvalue weighted by Gasteiger charge is -2.11. The number of amides is 1. The van der Waals surface area contributed by atoms with Gasteiger partial charge < -0.3 is 19.9 Å². The second kappa shape index (κ2) is 8.87. The minimum absolute atomic E-state index is 0. The van der Waals surface area contributed by atoms with Gasteiger partial charge in [0.2, 0.25) is 5.91 Å². The summed E-state index contributed by atoms with van der Waals surface area (Å²) in [5, 5.41) is 10.2. The van der Waals surface area contributed by atoms with Crippen molar-refractivity contribution in [2.75, 3.05) is 13.1 Å². The first-order valence-corrected chi connectivity index (χ1v) is 8.25. The van der Waals surface area contributed by atoms with Crippen LogP contribution in [0.4, 0.5) is 0 Å². The summed E-state index contributed by atoms with van der Waals surface area (Å²) in [7, 11) is 0. The Hall–Kier alpha value is -2.05. The molecule has 1 atom stereocenters. The number of halogens is 1. The van der Waals surface area contributed by atoms with Crippen molar-refractivity contribution in [3.05, 3.63) is 46.8 Å². The molecule has 25 heavy (non-hydrogen) atoms.